The van der Waals surface area contributed by atoms with Gasteiger partial charge >= 0.3 is 5.97 Å². The second-order valence-corrected chi connectivity index (χ2v) is 7.91. The van der Waals surface area contributed by atoms with E-state index in [2.05, 4.69) is 5.10 Å². The highest BCUT2D eigenvalue weighted by Crippen LogP contribution is 2.38. The van der Waals surface area contributed by atoms with Crippen molar-refractivity contribution < 1.29 is 18.3 Å². The van der Waals surface area contributed by atoms with Crippen LogP contribution in [0.1, 0.15) is 21.6 Å². The van der Waals surface area contributed by atoms with E-state index in [4.69, 9.17) is 10.9 Å². The van der Waals surface area contributed by atoms with Crippen molar-refractivity contribution in [1.29, 1.82) is 0 Å². The van der Waals surface area contributed by atoms with Crippen LogP contribution in [0.4, 0.5) is 5.69 Å². The SMILES string of the molecule is Nc1ccc2c(c1)-c1c(c(C(=O)O)nn1-c1ccc(S(N)(=O)=O)cc1)CC2. The van der Waals surface area contributed by atoms with E-state index in [0.29, 0.717) is 35.5 Å². The Morgan fingerprint density at radius 1 is 1.11 bits per heavy atom. The molecule has 0 unspecified atom stereocenters. The molecule has 8 nitrogen and oxygen atoms in total. The summed E-state index contributed by atoms with van der Waals surface area (Å²) in [6.45, 7) is 0. The number of primary sulfonamides is 1. The quantitative estimate of drug-likeness (QED) is 0.585. The molecule has 0 saturated carbocycles. The first-order chi connectivity index (χ1) is 12.8. The maximum Gasteiger partial charge on any atom is 0.356 e. The number of fused-ring (bicyclic) bond motifs is 3. The van der Waals surface area contributed by atoms with Crippen molar-refractivity contribution in [3.05, 3.63) is 59.3 Å². The van der Waals surface area contributed by atoms with Crippen LogP contribution < -0.4 is 10.9 Å². The Labute approximate surface area is 155 Å². The molecule has 138 valence electrons. The van der Waals surface area contributed by atoms with Crippen LogP contribution >= 0.6 is 0 Å². The summed E-state index contributed by atoms with van der Waals surface area (Å²) in [6, 6.07) is 11.3. The molecule has 0 saturated heterocycles. The summed E-state index contributed by atoms with van der Waals surface area (Å²) in [5, 5.41) is 19.0. The summed E-state index contributed by atoms with van der Waals surface area (Å²) < 4.78 is 24.5. The Morgan fingerprint density at radius 2 is 1.81 bits per heavy atom. The third-order valence-corrected chi connectivity index (χ3v) is 5.56. The molecule has 5 N–H and O–H groups in total. The Hall–Kier alpha value is -3.17. The maximum absolute atomic E-state index is 11.7. The van der Waals surface area contributed by atoms with Crippen LogP contribution in [0.25, 0.3) is 16.9 Å². The average Bonchev–Trinajstić information content (AvgIpc) is 3.01. The zero-order valence-electron chi connectivity index (χ0n) is 14.1. The van der Waals surface area contributed by atoms with Crippen molar-refractivity contribution in [2.24, 2.45) is 5.14 Å². The fourth-order valence-corrected chi connectivity index (χ4v) is 3.91. The number of sulfonamides is 1. The Balaban J connectivity index is 1.96. The smallest absolute Gasteiger partial charge is 0.356 e. The van der Waals surface area contributed by atoms with Gasteiger partial charge in [0.2, 0.25) is 10.0 Å². The third kappa shape index (κ3) is 2.86. The number of anilines is 1. The van der Waals surface area contributed by atoms with Gasteiger partial charge < -0.3 is 10.8 Å². The molecule has 1 aliphatic rings. The molecule has 1 heterocycles. The molecule has 0 bridgehead atoms. The number of rotatable bonds is 3. The van der Waals surface area contributed by atoms with Crippen molar-refractivity contribution in [2.75, 3.05) is 5.73 Å². The maximum atomic E-state index is 11.7. The van der Waals surface area contributed by atoms with Crippen LogP contribution in [0.2, 0.25) is 0 Å². The topological polar surface area (TPSA) is 141 Å². The zero-order valence-corrected chi connectivity index (χ0v) is 14.9. The minimum Gasteiger partial charge on any atom is -0.476 e. The van der Waals surface area contributed by atoms with Crippen LogP contribution in [0, 0.1) is 0 Å². The molecule has 0 amide bonds. The third-order valence-electron chi connectivity index (χ3n) is 4.63. The summed E-state index contributed by atoms with van der Waals surface area (Å²) in [4.78, 5) is 11.7. The molecule has 0 fully saturated rings. The standard InChI is InChI=1S/C18H16N4O4S/c19-11-3-1-10-2-8-14-16(18(23)24)21-22(17(14)15(10)9-11)12-4-6-13(7-5-12)27(20,25)26/h1,3-7,9H,2,8,19H2,(H,23,24)(H2,20,25,26). The molecule has 0 spiro atoms. The van der Waals surface area contributed by atoms with Crippen LogP contribution in [0.5, 0.6) is 0 Å². The first-order valence-corrected chi connectivity index (χ1v) is 9.67. The molecular weight excluding hydrogens is 368 g/mol. The van der Waals surface area contributed by atoms with Crippen LogP contribution in [0.15, 0.2) is 47.4 Å². The molecule has 4 rings (SSSR count). The number of carboxylic acid groups (broad SMARTS) is 1. The van der Waals surface area contributed by atoms with E-state index in [9.17, 15) is 18.3 Å². The highest BCUT2D eigenvalue weighted by molar-refractivity contribution is 7.89. The van der Waals surface area contributed by atoms with Crippen LogP contribution in [-0.4, -0.2) is 29.3 Å². The van der Waals surface area contributed by atoms with Gasteiger partial charge in [-0.25, -0.2) is 23.0 Å². The first kappa shape index (κ1) is 17.3. The van der Waals surface area contributed by atoms with E-state index in [-0.39, 0.29) is 10.6 Å². The lowest BCUT2D eigenvalue weighted by Crippen LogP contribution is -2.12. The molecule has 0 atom stereocenters. The van der Waals surface area contributed by atoms with Gasteiger partial charge in [0.1, 0.15) is 0 Å². The number of aromatic carboxylic acids is 1. The number of nitrogens with zero attached hydrogens (tertiary/aromatic N) is 2. The van der Waals surface area contributed by atoms with Gasteiger partial charge in [0.15, 0.2) is 5.69 Å². The van der Waals surface area contributed by atoms with Crippen molar-refractivity contribution in [3.63, 3.8) is 0 Å². The van der Waals surface area contributed by atoms with Gasteiger partial charge in [-0.3, -0.25) is 0 Å². The van der Waals surface area contributed by atoms with Gasteiger partial charge in [0.05, 0.1) is 16.3 Å². The number of aryl methyl sites for hydroxylation is 1. The van der Waals surface area contributed by atoms with Crippen molar-refractivity contribution in [2.45, 2.75) is 17.7 Å². The van der Waals surface area contributed by atoms with E-state index in [1.807, 2.05) is 12.1 Å². The molecule has 2 aromatic carbocycles. The Kier molecular flexibility index (Phi) is 3.79. The van der Waals surface area contributed by atoms with Crippen LogP contribution in [-0.2, 0) is 22.9 Å². The molecule has 1 aliphatic carbocycles. The van der Waals surface area contributed by atoms with Gasteiger partial charge in [0, 0.05) is 16.8 Å². The summed E-state index contributed by atoms with van der Waals surface area (Å²) in [6.07, 6.45) is 1.24. The number of hydrogen-bond donors (Lipinski definition) is 3. The zero-order chi connectivity index (χ0) is 19.3. The Morgan fingerprint density at radius 3 is 2.44 bits per heavy atom. The summed E-state index contributed by atoms with van der Waals surface area (Å²) in [5.74, 6) is -1.11. The molecule has 0 aliphatic heterocycles. The van der Waals surface area contributed by atoms with E-state index in [0.717, 1.165) is 11.1 Å². The predicted octanol–water partition coefficient (Wildman–Crippen LogP) is 1.57. The summed E-state index contributed by atoms with van der Waals surface area (Å²) >= 11 is 0. The highest BCUT2D eigenvalue weighted by atomic mass is 32.2. The number of aromatic nitrogens is 2. The number of carbonyl (C=O) groups is 1. The van der Waals surface area contributed by atoms with E-state index < -0.39 is 16.0 Å². The normalized spacial score (nSPS) is 13.1. The number of nitrogen functional groups attached to an aromatic ring is 1. The predicted molar refractivity (Wildman–Crippen MR) is 99.2 cm³/mol. The van der Waals surface area contributed by atoms with Gasteiger partial charge in [-0.1, -0.05) is 6.07 Å². The van der Waals surface area contributed by atoms with Crippen molar-refractivity contribution in [1.82, 2.24) is 9.78 Å². The molecule has 1 aromatic heterocycles. The monoisotopic (exact) mass is 384 g/mol. The van der Waals surface area contributed by atoms with Crippen molar-refractivity contribution in [3.8, 4) is 16.9 Å². The molecule has 9 heteroatoms. The van der Waals surface area contributed by atoms with E-state index in [1.165, 1.54) is 16.8 Å². The number of nitrogens with two attached hydrogens (primary N) is 2. The minimum absolute atomic E-state index is 0.0198. The second kappa shape index (κ2) is 5.93. The molecular formula is C18H16N4O4S. The lowest BCUT2D eigenvalue weighted by atomic mass is 9.88. The molecule has 0 radical (unpaired) electrons. The fourth-order valence-electron chi connectivity index (χ4n) is 3.39. The lowest BCUT2D eigenvalue weighted by Gasteiger charge is -2.19. The molecule has 3 aromatic rings. The number of benzene rings is 2. The molecule has 27 heavy (non-hydrogen) atoms. The van der Waals surface area contributed by atoms with Gasteiger partial charge in [-0.15, -0.1) is 0 Å². The summed E-state index contributed by atoms with van der Waals surface area (Å²) in [5.41, 5.74) is 10.2. The largest absolute Gasteiger partial charge is 0.476 e. The summed E-state index contributed by atoms with van der Waals surface area (Å²) in [7, 11) is -3.82. The lowest BCUT2D eigenvalue weighted by molar-refractivity contribution is 0.0688. The van der Waals surface area contributed by atoms with Crippen molar-refractivity contribution >= 4 is 21.7 Å². The van der Waals surface area contributed by atoms with Gasteiger partial charge in [-0.05, 0) is 54.8 Å². The average molecular weight is 384 g/mol. The van der Waals surface area contributed by atoms with Gasteiger partial charge in [0.25, 0.3) is 0 Å². The number of carboxylic acids is 1. The fraction of sp³-hybridized carbons (Fsp3) is 0.111. The van der Waals surface area contributed by atoms with E-state index >= 15 is 0 Å². The number of hydrogen-bond acceptors (Lipinski definition) is 5. The second-order valence-electron chi connectivity index (χ2n) is 6.35. The minimum atomic E-state index is -3.82. The highest BCUT2D eigenvalue weighted by Gasteiger charge is 2.29. The van der Waals surface area contributed by atoms with E-state index in [1.54, 1.807) is 18.2 Å². The Bertz CT molecular complexity index is 1180. The van der Waals surface area contributed by atoms with Gasteiger partial charge in [-0.2, -0.15) is 5.10 Å². The first-order valence-electron chi connectivity index (χ1n) is 8.13. The van der Waals surface area contributed by atoms with Crippen LogP contribution in [0.3, 0.4) is 0 Å².